The van der Waals surface area contributed by atoms with Crippen LogP contribution >= 0.6 is 11.8 Å². The van der Waals surface area contributed by atoms with E-state index in [0.717, 1.165) is 12.8 Å². The molecule has 2 amide bonds. The molecule has 0 aromatic heterocycles. The molecule has 0 saturated carbocycles. The molecule has 2 aromatic carbocycles. The average Bonchev–Trinajstić information content (AvgIpc) is 3.16. The second-order valence-electron chi connectivity index (χ2n) is 8.94. The molecule has 1 aliphatic carbocycles. The number of rotatable bonds is 13. The summed E-state index contributed by atoms with van der Waals surface area (Å²) in [5.41, 5.74) is 4.73. The van der Waals surface area contributed by atoms with Crippen LogP contribution in [0.4, 0.5) is 4.79 Å². The first-order chi connectivity index (χ1) is 16.9. The van der Waals surface area contributed by atoms with E-state index in [1.54, 1.807) is 6.92 Å². The fraction of sp³-hybridized carbons (Fsp3) is 0.444. The molecule has 2 unspecified atom stereocenters. The predicted octanol–water partition coefficient (Wildman–Crippen LogP) is 4.65. The lowest BCUT2D eigenvalue weighted by Crippen LogP contribution is -2.34. The number of nitrogens with one attached hydrogen (secondary N) is 2. The van der Waals surface area contributed by atoms with Gasteiger partial charge in [0.2, 0.25) is 5.91 Å². The van der Waals surface area contributed by atoms with Crippen molar-refractivity contribution >= 4 is 29.7 Å². The highest BCUT2D eigenvalue weighted by Crippen LogP contribution is 2.44. The van der Waals surface area contributed by atoms with Crippen molar-refractivity contribution in [2.24, 2.45) is 5.92 Å². The van der Waals surface area contributed by atoms with Gasteiger partial charge in [0, 0.05) is 24.3 Å². The second kappa shape index (κ2) is 13.2. The average molecular weight is 499 g/mol. The molecular formula is C27H34N2O5S. The Kier molecular flexibility index (Phi) is 10.0. The molecule has 0 bridgehead atoms. The van der Waals surface area contributed by atoms with E-state index < -0.39 is 12.1 Å². The van der Waals surface area contributed by atoms with Gasteiger partial charge in [-0.1, -0.05) is 61.9 Å². The van der Waals surface area contributed by atoms with Gasteiger partial charge in [-0.3, -0.25) is 9.59 Å². The van der Waals surface area contributed by atoms with Crippen molar-refractivity contribution in [3.05, 3.63) is 59.7 Å². The highest BCUT2D eigenvalue weighted by molar-refractivity contribution is 7.99. The van der Waals surface area contributed by atoms with Gasteiger partial charge in [-0.05, 0) is 42.0 Å². The number of thioether (sulfide) groups is 1. The predicted molar refractivity (Wildman–Crippen MR) is 139 cm³/mol. The minimum atomic E-state index is -0.787. The SMILES string of the molecule is CC(CCCC(C)C(=O)O)NC(=O)CSCCNC(=O)OCC1c2ccccc2-c2ccccc21. The molecule has 8 heteroatoms. The summed E-state index contributed by atoms with van der Waals surface area (Å²) in [7, 11) is 0. The normalized spacial score (nSPS) is 13.9. The van der Waals surface area contributed by atoms with Crippen LogP contribution in [0.2, 0.25) is 0 Å². The standard InChI is InChI=1S/C27H34N2O5S/c1-18(26(31)32)8-7-9-19(2)29-25(30)17-35-15-14-28-27(33)34-16-24-22-12-5-3-10-20(22)21-11-4-6-13-23(21)24/h3-6,10-13,18-19,24H,7-9,14-17H2,1-2H3,(H,28,33)(H,29,30)(H,31,32). The highest BCUT2D eigenvalue weighted by atomic mass is 32.2. The number of carboxylic acids is 1. The Bertz CT molecular complexity index is 983. The van der Waals surface area contributed by atoms with Crippen molar-refractivity contribution in [2.75, 3.05) is 24.7 Å². The molecule has 0 aliphatic heterocycles. The Morgan fingerprint density at radius 3 is 2.26 bits per heavy atom. The van der Waals surface area contributed by atoms with Gasteiger partial charge in [-0.2, -0.15) is 11.8 Å². The van der Waals surface area contributed by atoms with E-state index in [1.165, 1.54) is 34.0 Å². The molecule has 35 heavy (non-hydrogen) atoms. The molecule has 2 aromatic rings. The Labute approximate surface area is 211 Å². The number of hydrogen-bond acceptors (Lipinski definition) is 5. The van der Waals surface area contributed by atoms with E-state index in [1.807, 2.05) is 31.2 Å². The van der Waals surface area contributed by atoms with Crippen LogP contribution in [0.3, 0.4) is 0 Å². The molecule has 0 fully saturated rings. The van der Waals surface area contributed by atoms with Gasteiger partial charge in [0.15, 0.2) is 0 Å². The third kappa shape index (κ3) is 7.75. The summed E-state index contributed by atoms with van der Waals surface area (Å²) in [6.07, 6.45) is 1.65. The second-order valence-corrected chi connectivity index (χ2v) is 10.0. The van der Waals surface area contributed by atoms with Crippen molar-refractivity contribution in [1.29, 1.82) is 0 Å². The maximum absolute atomic E-state index is 12.2. The zero-order chi connectivity index (χ0) is 25.2. The molecule has 1 aliphatic rings. The number of hydrogen-bond donors (Lipinski definition) is 3. The number of fused-ring (bicyclic) bond motifs is 3. The van der Waals surface area contributed by atoms with Crippen LogP contribution in [0.25, 0.3) is 11.1 Å². The van der Waals surface area contributed by atoms with Crippen molar-refractivity contribution in [3.8, 4) is 11.1 Å². The largest absolute Gasteiger partial charge is 0.481 e. The van der Waals surface area contributed by atoms with Crippen LogP contribution in [0.5, 0.6) is 0 Å². The lowest BCUT2D eigenvalue weighted by atomic mass is 9.98. The zero-order valence-electron chi connectivity index (χ0n) is 20.3. The summed E-state index contributed by atoms with van der Waals surface area (Å²) in [5.74, 6) is -0.276. The number of alkyl carbamates (subject to hydrolysis) is 1. The smallest absolute Gasteiger partial charge is 0.407 e. The minimum absolute atomic E-state index is 0.00282. The molecule has 2 atom stereocenters. The van der Waals surface area contributed by atoms with Gasteiger partial charge in [0.25, 0.3) is 0 Å². The Balaban J connectivity index is 1.29. The molecular weight excluding hydrogens is 464 g/mol. The molecule has 0 saturated heterocycles. The fourth-order valence-corrected chi connectivity index (χ4v) is 4.94. The third-order valence-electron chi connectivity index (χ3n) is 6.20. The fourth-order valence-electron chi connectivity index (χ4n) is 4.28. The first-order valence-electron chi connectivity index (χ1n) is 12.1. The number of benzene rings is 2. The van der Waals surface area contributed by atoms with Gasteiger partial charge in [0.1, 0.15) is 6.61 Å². The minimum Gasteiger partial charge on any atom is -0.481 e. The quantitative estimate of drug-likeness (QED) is 0.347. The van der Waals surface area contributed by atoms with E-state index in [0.29, 0.717) is 24.5 Å². The molecule has 3 N–H and O–H groups in total. The monoisotopic (exact) mass is 498 g/mol. The van der Waals surface area contributed by atoms with Crippen LogP contribution in [0, 0.1) is 5.92 Å². The van der Waals surface area contributed by atoms with Crippen LogP contribution in [0.1, 0.15) is 50.2 Å². The molecule has 3 rings (SSSR count). The number of amides is 2. The van der Waals surface area contributed by atoms with Crippen LogP contribution in [-0.4, -0.2) is 53.8 Å². The maximum Gasteiger partial charge on any atom is 0.407 e. The molecule has 0 spiro atoms. The lowest BCUT2D eigenvalue weighted by Gasteiger charge is -2.15. The zero-order valence-corrected chi connectivity index (χ0v) is 21.1. The number of carbonyl (C=O) groups excluding carboxylic acids is 2. The van der Waals surface area contributed by atoms with E-state index >= 15 is 0 Å². The van der Waals surface area contributed by atoms with Crippen LogP contribution in [0.15, 0.2) is 48.5 Å². The van der Waals surface area contributed by atoms with Crippen molar-refractivity contribution in [3.63, 3.8) is 0 Å². The third-order valence-corrected chi connectivity index (χ3v) is 7.15. The summed E-state index contributed by atoms with van der Waals surface area (Å²) in [5, 5.41) is 14.6. The summed E-state index contributed by atoms with van der Waals surface area (Å²) >= 11 is 1.44. The Hall–Kier alpha value is -3.00. The van der Waals surface area contributed by atoms with Gasteiger partial charge < -0.3 is 20.5 Å². The first-order valence-corrected chi connectivity index (χ1v) is 13.2. The first kappa shape index (κ1) is 26.6. The highest BCUT2D eigenvalue weighted by Gasteiger charge is 2.28. The van der Waals surface area contributed by atoms with E-state index in [4.69, 9.17) is 9.84 Å². The van der Waals surface area contributed by atoms with Gasteiger partial charge in [0.05, 0.1) is 11.7 Å². The number of aliphatic carboxylic acids is 1. The van der Waals surface area contributed by atoms with E-state index in [-0.39, 0.29) is 30.4 Å². The van der Waals surface area contributed by atoms with Crippen molar-refractivity contribution < 1.29 is 24.2 Å². The van der Waals surface area contributed by atoms with Crippen LogP contribution < -0.4 is 10.6 Å². The van der Waals surface area contributed by atoms with Gasteiger partial charge in [-0.15, -0.1) is 0 Å². The Morgan fingerprint density at radius 2 is 1.63 bits per heavy atom. The lowest BCUT2D eigenvalue weighted by molar-refractivity contribution is -0.141. The van der Waals surface area contributed by atoms with Crippen molar-refractivity contribution in [1.82, 2.24) is 10.6 Å². The summed E-state index contributed by atoms with van der Waals surface area (Å²) in [6.45, 7) is 4.31. The summed E-state index contributed by atoms with van der Waals surface area (Å²) in [4.78, 5) is 35.1. The Morgan fingerprint density at radius 1 is 1.00 bits per heavy atom. The van der Waals surface area contributed by atoms with Crippen molar-refractivity contribution in [2.45, 2.75) is 45.1 Å². The maximum atomic E-state index is 12.2. The van der Waals surface area contributed by atoms with Crippen LogP contribution in [-0.2, 0) is 14.3 Å². The molecule has 188 valence electrons. The topological polar surface area (TPSA) is 105 Å². The number of ether oxygens (including phenoxy) is 1. The molecule has 7 nitrogen and oxygen atoms in total. The molecule has 0 radical (unpaired) electrons. The van der Waals surface area contributed by atoms with Gasteiger partial charge in [-0.25, -0.2) is 4.79 Å². The molecule has 0 heterocycles. The summed E-state index contributed by atoms with van der Waals surface area (Å²) in [6, 6.07) is 16.4. The van der Waals surface area contributed by atoms with E-state index in [9.17, 15) is 14.4 Å². The number of carboxylic acid groups (broad SMARTS) is 1. The van der Waals surface area contributed by atoms with Gasteiger partial charge >= 0.3 is 12.1 Å². The number of carbonyl (C=O) groups is 3. The summed E-state index contributed by atoms with van der Waals surface area (Å²) < 4.78 is 5.51. The van der Waals surface area contributed by atoms with E-state index in [2.05, 4.69) is 34.9 Å².